The van der Waals surface area contributed by atoms with Crippen LogP contribution in [0.3, 0.4) is 0 Å². The summed E-state index contributed by atoms with van der Waals surface area (Å²) < 4.78 is 18.3. The van der Waals surface area contributed by atoms with Gasteiger partial charge in [-0.2, -0.15) is 0 Å². The van der Waals surface area contributed by atoms with Crippen molar-refractivity contribution in [1.29, 1.82) is 0 Å². The summed E-state index contributed by atoms with van der Waals surface area (Å²) in [6.45, 7) is 5.16. The van der Waals surface area contributed by atoms with Crippen molar-refractivity contribution in [1.82, 2.24) is 14.9 Å². The largest absolute Gasteiger partial charge is 0.465 e. The topological polar surface area (TPSA) is 87.6 Å². The number of carbonyl (C=O) groups is 1. The molecule has 174 valence electrons. The van der Waals surface area contributed by atoms with Crippen LogP contribution in [0.1, 0.15) is 32.2 Å². The van der Waals surface area contributed by atoms with Gasteiger partial charge < -0.3 is 20.1 Å². The highest BCUT2D eigenvalue weighted by molar-refractivity contribution is 6.36. The number of likely N-dealkylation sites (tertiary alicyclic amines) is 1. The molecule has 2 N–H and O–H groups in total. The fraction of sp³-hybridized carbons (Fsp3) is 0.500. The van der Waals surface area contributed by atoms with E-state index < -0.39 is 24.9 Å². The number of aryl methyl sites for hydroxylation is 2. The first-order chi connectivity index (χ1) is 15.3. The monoisotopic (exact) mass is 484 g/mol. The van der Waals surface area contributed by atoms with Crippen LogP contribution in [0.4, 0.5) is 15.0 Å². The maximum Gasteiger partial charge on any atom is 0.407 e. The Bertz CT molecular complexity index is 978. The molecule has 0 bridgehead atoms. The number of benzene rings is 1. The van der Waals surface area contributed by atoms with E-state index in [1.165, 1.54) is 4.90 Å². The summed E-state index contributed by atoms with van der Waals surface area (Å²) >= 11 is 12.5. The molecule has 1 aliphatic heterocycles. The third-order valence-electron chi connectivity index (χ3n) is 5.64. The van der Waals surface area contributed by atoms with Crippen molar-refractivity contribution in [3.8, 4) is 11.3 Å². The number of nitrogens with zero attached hydrogens (tertiary/aromatic N) is 3. The summed E-state index contributed by atoms with van der Waals surface area (Å²) in [5, 5.41) is 13.9. The Hall–Kier alpha value is -2.16. The van der Waals surface area contributed by atoms with Gasteiger partial charge in [0.15, 0.2) is 0 Å². The Balaban J connectivity index is 1.99. The predicted octanol–water partition coefficient (Wildman–Crippen LogP) is 5.09. The molecule has 3 atom stereocenters. The number of aromatic nitrogens is 2. The van der Waals surface area contributed by atoms with Gasteiger partial charge in [-0.1, -0.05) is 37.0 Å². The van der Waals surface area contributed by atoms with E-state index in [2.05, 4.69) is 5.32 Å². The van der Waals surface area contributed by atoms with E-state index in [4.69, 9.17) is 37.9 Å². The average Bonchev–Trinajstić information content (AvgIpc) is 3.07. The van der Waals surface area contributed by atoms with Crippen LogP contribution in [0.5, 0.6) is 0 Å². The highest BCUT2D eigenvalue weighted by Crippen LogP contribution is 2.33. The molecule has 3 rings (SSSR count). The Morgan fingerprint density at radius 3 is 2.59 bits per heavy atom. The normalized spacial score (nSPS) is 20.6. The molecule has 2 aromatic rings. The highest BCUT2D eigenvalue weighted by atomic mass is 35.5. The van der Waals surface area contributed by atoms with Crippen LogP contribution in [-0.2, 0) is 17.6 Å². The molecule has 1 amide bonds. The number of rotatable bonds is 8. The number of alkyl halides is 1. The van der Waals surface area contributed by atoms with E-state index >= 15 is 0 Å². The molecular formula is C22H27Cl2FN4O3. The lowest BCUT2D eigenvalue weighted by atomic mass is 10.1. The minimum absolute atomic E-state index is 0.0937. The molecule has 7 nitrogen and oxygen atoms in total. The molecule has 10 heteroatoms. The molecule has 1 saturated heterocycles. The molecule has 0 spiro atoms. The molecule has 1 aromatic carbocycles. The van der Waals surface area contributed by atoms with Gasteiger partial charge >= 0.3 is 6.09 Å². The van der Waals surface area contributed by atoms with E-state index in [-0.39, 0.29) is 19.2 Å². The van der Waals surface area contributed by atoms with Crippen molar-refractivity contribution in [3.63, 3.8) is 0 Å². The van der Waals surface area contributed by atoms with Gasteiger partial charge in [0.05, 0.1) is 53.4 Å². The molecule has 0 saturated carbocycles. The van der Waals surface area contributed by atoms with Crippen LogP contribution in [0.2, 0.25) is 10.0 Å². The standard InChI is InChI=1S/C22H27Cl2FN4O3/c1-4-16-20(14-7-6-13(23)10-15(14)24)26-17(5-2)21(27-16)28-19-12(3)29(22(30)31)11-18(19)32-9-8-25/h6-7,10,12,18-19H,4-5,8-9,11H2,1-3H3,(H,27,28)(H,30,31)/t12?,18-,19+/m0/s1. The molecular weight excluding hydrogens is 458 g/mol. The van der Waals surface area contributed by atoms with Gasteiger partial charge in [-0.05, 0) is 38.0 Å². The number of halogens is 3. The lowest BCUT2D eigenvalue weighted by molar-refractivity contribution is 0.0450. The van der Waals surface area contributed by atoms with E-state index in [1.54, 1.807) is 19.1 Å². The number of anilines is 1. The molecule has 0 radical (unpaired) electrons. The van der Waals surface area contributed by atoms with E-state index in [1.807, 2.05) is 19.9 Å². The fourth-order valence-corrected chi connectivity index (χ4v) is 4.46. The number of hydrogen-bond donors (Lipinski definition) is 2. The van der Waals surface area contributed by atoms with Crippen LogP contribution in [0.15, 0.2) is 18.2 Å². The van der Waals surface area contributed by atoms with Crippen molar-refractivity contribution in [2.75, 3.05) is 25.1 Å². The summed E-state index contributed by atoms with van der Waals surface area (Å²) in [6.07, 6.45) is -0.334. The summed E-state index contributed by atoms with van der Waals surface area (Å²) in [6, 6.07) is 4.47. The van der Waals surface area contributed by atoms with Crippen molar-refractivity contribution >= 4 is 35.1 Å². The van der Waals surface area contributed by atoms with Gasteiger partial charge in [0, 0.05) is 10.6 Å². The second kappa shape index (κ2) is 10.6. The lowest BCUT2D eigenvalue weighted by Crippen LogP contribution is -2.42. The minimum atomic E-state index is -1.04. The fourth-order valence-electron chi connectivity index (χ4n) is 3.96. The average molecular weight is 485 g/mol. The summed E-state index contributed by atoms with van der Waals surface area (Å²) in [4.78, 5) is 22.6. The third-order valence-corrected chi connectivity index (χ3v) is 6.19. The highest BCUT2D eigenvalue weighted by Gasteiger charge is 2.43. The number of ether oxygens (including phenoxy) is 1. The van der Waals surface area contributed by atoms with E-state index in [9.17, 15) is 14.3 Å². The maximum absolute atomic E-state index is 12.7. The molecule has 1 aromatic heterocycles. The zero-order valence-electron chi connectivity index (χ0n) is 18.2. The third kappa shape index (κ3) is 5.08. The van der Waals surface area contributed by atoms with Crippen molar-refractivity contribution in [2.24, 2.45) is 0 Å². The predicted molar refractivity (Wildman–Crippen MR) is 124 cm³/mol. The summed E-state index contributed by atoms with van der Waals surface area (Å²) in [5.41, 5.74) is 2.90. The summed E-state index contributed by atoms with van der Waals surface area (Å²) in [5.74, 6) is 0.566. The Labute approximate surface area is 196 Å². The zero-order chi connectivity index (χ0) is 23.4. The molecule has 0 aliphatic carbocycles. The Kier molecular flexibility index (Phi) is 8.14. The first-order valence-corrected chi connectivity index (χ1v) is 11.3. The van der Waals surface area contributed by atoms with Crippen molar-refractivity contribution in [3.05, 3.63) is 39.6 Å². The molecule has 2 heterocycles. The van der Waals surface area contributed by atoms with Gasteiger partial charge in [0.2, 0.25) is 0 Å². The molecule has 1 fully saturated rings. The number of amides is 1. The number of hydrogen-bond acceptors (Lipinski definition) is 5. The van der Waals surface area contributed by atoms with Gasteiger partial charge in [-0.15, -0.1) is 0 Å². The van der Waals surface area contributed by atoms with Gasteiger partial charge in [0.1, 0.15) is 12.5 Å². The lowest BCUT2D eigenvalue weighted by Gasteiger charge is -2.26. The van der Waals surface area contributed by atoms with Gasteiger partial charge in [-0.3, -0.25) is 0 Å². The van der Waals surface area contributed by atoms with Crippen LogP contribution in [0, 0.1) is 0 Å². The first-order valence-electron chi connectivity index (χ1n) is 10.6. The molecule has 1 aliphatic rings. The number of nitrogens with one attached hydrogen (secondary N) is 1. The van der Waals surface area contributed by atoms with E-state index in [0.29, 0.717) is 40.1 Å². The van der Waals surface area contributed by atoms with Crippen molar-refractivity contribution in [2.45, 2.75) is 51.8 Å². The molecule has 32 heavy (non-hydrogen) atoms. The zero-order valence-corrected chi connectivity index (χ0v) is 19.8. The molecule has 1 unspecified atom stereocenters. The summed E-state index contributed by atoms with van der Waals surface area (Å²) in [7, 11) is 0. The van der Waals surface area contributed by atoms with Crippen LogP contribution in [0.25, 0.3) is 11.3 Å². The second-order valence-electron chi connectivity index (χ2n) is 7.59. The first kappa shape index (κ1) is 24.5. The second-order valence-corrected chi connectivity index (χ2v) is 8.43. The van der Waals surface area contributed by atoms with Crippen molar-refractivity contribution < 1.29 is 19.0 Å². The Morgan fingerprint density at radius 1 is 1.28 bits per heavy atom. The quantitative estimate of drug-likeness (QED) is 0.542. The number of carboxylic acid groups (broad SMARTS) is 1. The van der Waals surface area contributed by atoms with Gasteiger partial charge in [-0.25, -0.2) is 19.2 Å². The smallest absolute Gasteiger partial charge is 0.407 e. The van der Waals surface area contributed by atoms with E-state index in [0.717, 1.165) is 11.3 Å². The van der Waals surface area contributed by atoms with Crippen LogP contribution >= 0.6 is 23.2 Å². The maximum atomic E-state index is 12.7. The minimum Gasteiger partial charge on any atom is -0.465 e. The van der Waals surface area contributed by atoms with Crippen LogP contribution in [-0.4, -0.2) is 64.1 Å². The SMILES string of the molecule is CCc1nc(-c2ccc(Cl)cc2Cl)c(CC)nc1N[C@@H]1C(C)N(C(=O)O)C[C@@H]1OCCF. The Morgan fingerprint density at radius 2 is 2.00 bits per heavy atom. The van der Waals surface area contributed by atoms with Gasteiger partial charge in [0.25, 0.3) is 0 Å². The van der Waals surface area contributed by atoms with Crippen LogP contribution < -0.4 is 5.32 Å².